The SMILES string of the molecule is COc1cccc(CN2CC=CC[C@@H](C3CCN(C(=O)c4cnn(C)c4)CC3)C2=O)c1. The Balaban J connectivity index is 1.39. The Morgan fingerprint density at radius 2 is 2.03 bits per heavy atom. The van der Waals surface area contributed by atoms with Crippen LogP contribution in [0.15, 0.2) is 48.8 Å². The molecule has 164 valence electrons. The highest BCUT2D eigenvalue weighted by Crippen LogP contribution is 2.31. The third-order valence-electron chi connectivity index (χ3n) is 6.37. The summed E-state index contributed by atoms with van der Waals surface area (Å²) in [5.41, 5.74) is 1.69. The lowest BCUT2D eigenvalue weighted by Gasteiger charge is -2.36. The molecule has 7 nitrogen and oxygen atoms in total. The van der Waals surface area contributed by atoms with Gasteiger partial charge in [-0.15, -0.1) is 0 Å². The number of carbonyl (C=O) groups excluding carboxylic acids is 2. The van der Waals surface area contributed by atoms with Crippen LogP contribution >= 0.6 is 0 Å². The largest absolute Gasteiger partial charge is 0.497 e. The highest BCUT2D eigenvalue weighted by molar-refractivity contribution is 5.93. The summed E-state index contributed by atoms with van der Waals surface area (Å²) in [4.78, 5) is 29.9. The molecule has 2 amide bonds. The number of ether oxygens (including phenoxy) is 1. The Kier molecular flexibility index (Phi) is 6.39. The van der Waals surface area contributed by atoms with Crippen LogP contribution in [0.1, 0.15) is 35.2 Å². The van der Waals surface area contributed by atoms with E-state index in [0.717, 1.165) is 30.6 Å². The van der Waals surface area contributed by atoms with Crippen molar-refractivity contribution in [1.82, 2.24) is 19.6 Å². The van der Waals surface area contributed by atoms with Crippen molar-refractivity contribution in [3.8, 4) is 5.75 Å². The minimum atomic E-state index is -0.0278. The smallest absolute Gasteiger partial charge is 0.257 e. The zero-order chi connectivity index (χ0) is 21.8. The van der Waals surface area contributed by atoms with Crippen molar-refractivity contribution in [2.45, 2.75) is 25.8 Å². The molecular weight excluding hydrogens is 392 g/mol. The molecule has 4 rings (SSSR count). The fraction of sp³-hybridized carbons (Fsp3) is 0.458. The van der Waals surface area contributed by atoms with E-state index in [1.165, 1.54) is 0 Å². The minimum Gasteiger partial charge on any atom is -0.497 e. The van der Waals surface area contributed by atoms with Crippen LogP contribution in [0.2, 0.25) is 0 Å². The predicted molar refractivity (Wildman–Crippen MR) is 117 cm³/mol. The summed E-state index contributed by atoms with van der Waals surface area (Å²) in [5, 5.41) is 4.10. The second-order valence-corrected chi connectivity index (χ2v) is 8.42. The Morgan fingerprint density at radius 3 is 2.74 bits per heavy atom. The normalized spacial score (nSPS) is 20.1. The summed E-state index contributed by atoms with van der Waals surface area (Å²) in [6.45, 7) is 2.57. The zero-order valence-corrected chi connectivity index (χ0v) is 18.2. The van der Waals surface area contributed by atoms with Gasteiger partial charge in [0.25, 0.3) is 5.91 Å². The molecule has 0 aliphatic carbocycles. The number of benzene rings is 1. The number of carbonyl (C=O) groups is 2. The van der Waals surface area contributed by atoms with E-state index in [2.05, 4.69) is 17.3 Å². The van der Waals surface area contributed by atoms with E-state index in [-0.39, 0.29) is 17.7 Å². The first-order valence-corrected chi connectivity index (χ1v) is 10.9. The van der Waals surface area contributed by atoms with Gasteiger partial charge < -0.3 is 14.5 Å². The second-order valence-electron chi connectivity index (χ2n) is 8.42. The number of allylic oxidation sites excluding steroid dienone is 1. The number of aryl methyl sites for hydroxylation is 1. The molecule has 31 heavy (non-hydrogen) atoms. The molecule has 1 aromatic heterocycles. The molecule has 1 aromatic carbocycles. The summed E-state index contributed by atoms with van der Waals surface area (Å²) < 4.78 is 6.97. The van der Waals surface area contributed by atoms with Crippen molar-refractivity contribution in [3.05, 3.63) is 59.9 Å². The van der Waals surface area contributed by atoms with Gasteiger partial charge >= 0.3 is 0 Å². The lowest BCUT2D eigenvalue weighted by atomic mass is 9.81. The van der Waals surface area contributed by atoms with Gasteiger partial charge in [-0.25, -0.2) is 0 Å². The van der Waals surface area contributed by atoms with Crippen LogP contribution in [-0.2, 0) is 18.4 Å². The molecule has 3 heterocycles. The van der Waals surface area contributed by atoms with E-state index in [0.29, 0.717) is 37.7 Å². The van der Waals surface area contributed by atoms with E-state index in [1.54, 1.807) is 24.2 Å². The molecule has 2 aliphatic heterocycles. The van der Waals surface area contributed by atoms with Gasteiger partial charge in [-0.1, -0.05) is 24.3 Å². The standard InChI is InChI=1S/C24H30N4O3/c1-26-17-20(15-25-26)23(29)27-12-9-19(10-13-27)22-8-3-4-11-28(24(22)30)16-18-6-5-7-21(14-18)31-2/h3-7,14-15,17,19,22H,8-13,16H2,1-2H3/t22-/m0/s1. The van der Waals surface area contributed by atoms with Crippen molar-refractivity contribution in [1.29, 1.82) is 0 Å². The maximum atomic E-state index is 13.4. The van der Waals surface area contributed by atoms with Gasteiger partial charge in [-0.3, -0.25) is 14.3 Å². The first-order chi connectivity index (χ1) is 15.0. The zero-order valence-electron chi connectivity index (χ0n) is 18.2. The van der Waals surface area contributed by atoms with Gasteiger partial charge in [-0.2, -0.15) is 5.10 Å². The number of aromatic nitrogens is 2. The number of amides is 2. The molecular formula is C24H30N4O3. The quantitative estimate of drug-likeness (QED) is 0.695. The molecule has 1 atom stereocenters. The molecule has 1 saturated heterocycles. The molecule has 2 aliphatic rings. The molecule has 0 bridgehead atoms. The molecule has 0 N–H and O–H groups in total. The lowest BCUT2D eigenvalue weighted by Crippen LogP contribution is -2.44. The molecule has 0 radical (unpaired) electrons. The maximum absolute atomic E-state index is 13.4. The van der Waals surface area contributed by atoms with E-state index in [9.17, 15) is 9.59 Å². The third kappa shape index (κ3) is 4.81. The van der Waals surface area contributed by atoms with Crippen LogP contribution in [0.4, 0.5) is 0 Å². The first kappa shape index (κ1) is 21.2. The highest BCUT2D eigenvalue weighted by Gasteiger charge is 2.35. The summed E-state index contributed by atoms with van der Waals surface area (Å²) in [5.74, 6) is 1.31. The fourth-order valence-electron chi connectivity index (χ4n) is 4.62. The lowest BCUT2D eigenvalue weighted by molar-refractivity contribution is -0.137. The topological polar surface area (TPSA) is 67.7 Å². The van der Waals surface area contributed by atoms with Gasteiger partial charge in [0.05, 0.1) is 18.9 Å². The van der Waals surface area contributed by atoms with Gasteiger partial charge in [0.1, 0.15) is 5.75 Å². The van der Waals surface area contributed by atoms with Crippen LogP contribution < -0.4 is 4.74 Å². The van der Waals surface area contributed by atoms with Crippen molar-refractivity contribution in [3.63, 3.8) is 0 Å². The van der Waals surface area contributed by atoms with Gasteiger partial charge in [-0.05, 0) is 42.9 Å². The Hall–Kier alpha value is -3.09. The monoisotopic (exact) mass is 422 g/mol. The number of hydrogen-bond donors (Lipinski definition) is 0. The summed E-state index contributed by atoms with van der Waals surface area (Å²) >= 11 is 0. The Bertz CT molecular complexity index is 959. The van der Waals surface area contributed by atoms with Crippen LogP contribution in [-0.4, -0.2) is 58.1 Å². The summed E-state index contributed by atoms with van der Waals surface area (Å²) in [6, 6.07) is 7.89. The van der Waals surface area contributed by atoms with E-state index >= 15 is 0 Å². The fourth-order valence-corrected chi connectivity index (χ4v) is 4.62. The number of methoxy groups -OCH3 is 1. The van der Waals surface area contributed by atoms with Crippen molar-refractivity contribution in [2.75, 3.05) is 26.7 Å². The van der Waals surface area contributed by atoms with Gasteiger partial charge in [0.2, 0.25) is 5.91 Å². The average molecular weight is 423 g/mol. The third-order valence-corrected chi connectivity index (χ3v) is 6.37. The van der Waals surface area contributed by atoms with Crippen LogP contribution in [0, 0.1) is 11.8 Å². The van der Waals surface area contributed by atoms with Crippen LogP contribution in [0.5, 0.6) is 5.75 Å². The van der Waals surface area contributed by atoms with Gasteiger partial charge in [0, 0.05) is 45.3 Å². The number of piperidine rings is 1. The molecule has 0 spiro atoms. The van der Waals surface area contributed by atoms with E-state index < -0.39 is 0 Å². The molecule has 1 fully saturated rings. The Morgan fingerprint density at radius 1 is 1.23 bits per heavy atom. The van der Waals surface area contributed by atoms with E-state index in [1.807, 2.05) is 41.1 Å². The summed E-state index contributed by atoms with van der Waals surface area (Å²) in [7, 11) is 3.46. The maximum Gasteiger partial charge on any atom is 0.257 e. The molecule has 7 heteroatoms. The number of nitrogens with zero attached hydrogens (tertiary/aromatic N) is 4. The average Bonchev–Trinajstić information content (AvgIpc) is 3.15. The molecule has 2 aromatic rings. The number of rotatable bonds is 5. The number of hydrogen-bond acceptors (Lipinski definition) is 4. The predicted octanol–water partition coefficient (Wildman–Crippen LogP) is 2.89. The molecule has 0 saturated carbocycles. The number of likely N-dealkylation sites (tertiary alicyclic amines) is 1. The van der Waals surface area contributed by atoms with Crippen molar-refractivity contribution in [2.24, 2.45) is 18.9 Å². The van der Waals surface area contributed by atoms with E-state index in [4.69, 9.17) is 4.74 Å². The van der Waals surface area contributed by atoms with Crippen LogP contribution in [0.3, 0.4) is 0 Å². The second kappa shape index (κ2) is 9.37. The first-order valence-electron chi connectivity index (χ1n) is 10.9. The highest BCUT2D eigenvalue weighted by atomic mass is 16.5. The van der Waals surface area contributed by atoms with Crippen LogP contribution in [0.25, 0.3) is 0 Å². The summed E-state index contributed by atoms with van der Waals surface area (Å²) in [6.07, 6.45) is 10.1. The van der Waals surface area contributed by atoms with Gasteiger partial charge in [0.15, 0.2) is 0 Å². The van der Waals surface area contributed by atoms with Crippen molar-refractivity contribution >= 4 is 11.8 Å². The van der Waals surface area contributed by atoms with Crippen molar-refractivity contribution < 1.29 is 14.3 Å². The minimum absolute atomic E-state index is 0.0262. The molecule has 0 unspecified atom stereocenters. The Labute approximate surface area is 183 Å².